The second-order valence-corrected chi connectivity index (χ2v) is 3.09. The van der Waals surface area contributed by atoms with Crippen molar-refractivity contribution in [1.29, 1.82) is 0 Å². The third-order valence-electron chi connectivity index (χ3n) is 2.01. The first-order valence-corrected chi connectivity index (χ1v) is 5.45. The Morgan fingerprint density at radius 2 is 1.94 bits per heavy atom. The van der Waals surface area contributed by atoms with Gasteiger partial charge < -0.3 is 20.4 Å². The molecule has 0 rings (SSSR count). The molecule has 0 bridgehead atoms. The maximum absolute atomic E-state index is 9.95. The highest BCUT2D eigenvalue weighted by Gasteiger charge is 1.97. The first-order chi connectivity index (χ1) is 8.26. The standard InChI is InChI=1S/C12H19NO2.CH4O/c1-3-11(12(13)4-2)7-5-6-9-15-10-8-14;1-2/h3-4,8H,1-2,5-7,9-10,13H2;2H,1H3/b12-11-;. The van der Waals surface area contributed by atoms with Gasteiger partial charge in [0.2, 0.25) is 0 Å². The molecule has 4 nitrogen and oxygen atoms in total. The van der Waals surface area contributed by atoms with Crippen molar-refractivity contribution in [3.63, 3.8) is 0 Å². The Balaban J connectivity index is 0. The van der Waals surface area contributed by atoms with Crippen LogP contribution in [0.2, 0.25) is 0 Å². The Bertz CT molecular complexity index is 247. The molecule has 0 aliphatic heterocycles. The van der Waals surface area contributed by atoms with Crippen LogP contribution in [0.4, 0.5) is 0 Å². The number of rotatable bonds is 9. The SMILES string of the molecule is C=C/C(N)=C(\C=C)CCCCOCC=O.CO. The molecule has 4 heteroatoms. The molecule has 0 spiro atoms. The molecule has 0 atom stereocenters. The first-order valence-electron chi connectivity index (χ1n) is 5.45. The summed E-state index contributed by atoms with van der Waals surface area (Å²) in [7, 11) is 1.00. The summed E-state index contributed by atoms with van der Waals surface area (Å²) < 4.78 is 5.02. The highest BCUT2D eigenvalue weighted by molar-refractivity contribution is 5.50. The van der Waals surface area contributed by atoms with Crippen molar-refractivity contribution in [2.45, 2.75) is 19.3 Å². The van der Waals surface area contributed by atoms with Crippen LogP contribution in [0.3, 0.4) is 0 Å². The van der Waals surface area contributed by atoms with Crippen LogP contribution in [-0.2, 0) is 9.53 Å². The number of carbonyl (C=O) groups is 1. The number of carbonyl (C=O) groups excluding carboxylic acids is 1. The fourth-order valence-corrected chi connectivity index (χ4v) is 1.15. The predicted octanol–water partition coefficient (Wildman–Crippen LogP) is 1.57. The number of unbranched alkanes of at least 4 members (excludes halogenated alkanes) is 1. The molecule has 0 saturated heterocycles. The summed E-state index contributed by atoms with van der Waals surface area (Å²) in [6, 6.07) is 0. The molecule has 0 fully saturated rings. The lowest BCUT2D eigenvalue weighted by Crippen LogP contribution is -2.00. The van der Waals surface area contributed by atoms with E-state index in [9.17, 15) is 4.79 Å². The van der Waals surface area contributed by atoms with E-state index in [0.29, 0.717) is 12.3 Å². The third kappa shape index (κ3) is 10.9. The van der Waals surface area contributed by atoms with Crippen LogP contribution >= 0.6 is 0 Å². The summed E-state index contributed by atoms with van der Waals surface area (Å²) in [5, 5.41) is 7.00. The van der Waals surface area contributed by atoms with Gasteiger partial charge in [0.1, 0.15) is 12.9 Å². The van der Waals surface area contributed by atoms with Crippen LogP contribution in [0.1, 0.15) is 19.3 Å². The monoisotopic (exact) mass is 241 g/mol. The first kappa shape index (κ1) is 18.0. The minimum absolute atomic E-state index is 0.180. The zero-order valence-corrected chi connectivity index (χ0v) is 10.5. The molecular weight excluding hydrogens is 218 g/mol. The maximum atomic E-state index is 9.95. The molecule has 0 amide bonds. The molecule has 0 aromatic heterocycles. The summed E-state index contributed by atoms with van der Waals surface area (Å²) in [6.07, 6.45) is 6.88. The summed E-state index contributed by atoms with van der Waals surface area (Å²) in [4.78, 5) is 9.95. The van der Waals surface area contributed by atoms with Gasteiger partial charge in [-0.25, -0.2) is 0 Å². The Labute approximate surface area is 103 Å². The molecule has 0 radical (unpaired) electrons. The van der Waals surface area contributed by atoms with Gasteiger partial charge >= 0.3 is 0 Å². The van der Waals surface area contributed by atoms with Crippen molar-refractivity contribution in [2.24, 2.45) is 5.73 Å². The van der Waals surface area contributed by atoms with Crippen molar-refractivity contribution >= 4 is 6.29 Å². The van der Waals surface area contributed by atoms with E-state index < -0.39 is 0 Å². The number of aliphatic hydroxyl groups excluding tert-OH is 1. The molecule has 17 heavy (non-hydrogen) atoms. The Morgan fingerprint density at radius 1 is 1.29 bits per heavy atom. The van der Waals surface area contributed by atoms with Crippen molar-refractivity contribution in [2.75, 3.05) is 20.3 Å². The van der Waals surface area contributed by atoms with Gasteiger partial charge in [-0.1, -0.05) is 19.2 Å². The molecule has 0 saturated carbocycles. The topological polar surface area (TPSA) is 72.5 Å². The van der Waals surface area contributed by atoms with Crippen LogP contribution in [0.5, 0.6) is 0 Å². The van der Waals surface area contributed by atoms with Crippen LogP contribution in [-0.4, -0.2) is 31.7 Å². The highest BCUT2D eigenvalue weighted by atomic mass is 16.5. The number of hydrogen-bond donors (Lipinski definition) is 2. The van der Waals surface area contributed by atoms with Gasteiger partial charge in [-0.05, 0) is 30.9 Å². The Hall–Kier alpha value is -1.39. The van der Waals surface area contributed by atoms with Gasteiger partial charge in [0.05, 0.1) is 0 Å². The van der Waals surface area contributed by atoms with E-state index in [2.05, 4.69) is 13.2 Å². The lowest BCUT2D eigenvalue weighted by Gasteiger charge is -2.04. The van der Waals surface area contributed by atoms with Gasteiger partial charge in [0.15, 0.2) is 0 Å². The largest absolute Gasteiger partial charge is 0.400 e. The van der Waals surface area contributed by atoms with Crippen molar-refractivity contribution in [3.8, 4) is 0 Å². The van der Waals surface area contributed by atoms with Crippen molar-refractivity contribution in [1.82, 2.24) is 0 Å². The number of ether oxygens (including phenoxy) is 1. The highest BCUT2D eigenvalue weighted by Crippen LogP contribution is 2.11. The van der Waals surface area contributed by atoms with Crippen molar-refractivity contribution in [3.05, 3.63) is 36.6 Å². The predicted molar refractivity (Wildman–Crippen MR) is 70.5 cm³/mol. The van der Waals surface area contributed by atoms with E-state index in [1.807, 2.05) is 0 Å². The molecule has 0 unspecified atom stereocenters. The van der Waals surface area contributed by atoms with Crippen molar-refractivity contribution < 1.29 is 14.6 Å². The summed E-state index contributed by atoms with van der Waals surface area (Å²) in [5.74, 6) is 0. The average molecular weight is 241 g/mol. The normalized spacial score (nSPS) is 10.7. The fraction of sp³-hybridized carbons (Fsp3) is 0.462. The maximum Gasteiger partial charge on any atom is 0.145 e. The van der Waals surface area contributed by atoms with E-state index in [0.717, 1.165) is 38.2 Å². The number of hydrogen-bond acceptors (Lipinski definition) is 4. The number of aliphatic hydroxyl groups is 1. The minimum Gasteiger partial charge on any atom is -0.400 e. The Kier molecular flexibility index (Phi) is 15.5. The van der Waals surface area contributed by atoms with Crippen LogP contribution in [0.15, 0.2) is 36.6 Å². The molecule has 0 aliphatic carbocycles. The van der Waals surface area contributed by atoms with E-state index in [1.54, 1.807) is 12.2 Å². The van der Waals surface area contributed by atoms with Gasteiger partial charge in [-0.3, -0.25) is 0 Å². The second-order valence-electron chi connectivity index (χ2n) is 3.09. The lowest BCUT2D eigenvalue weighted by atomic mass is 10.1. The van der Waals surface area contributed by atoms with Gasteiger partial charge in [0, 0.05) is 19.4 Å². The molecular formula is C13H23NO3. The zero-order valence-electron chi connectivity index (χ0n) is 10.5. The average Bonchev–Trinajstić information content (AvgIpc) is 2.39. The fourth-order valence-electron chi connectivity index (χ4n) is 1.15. The van der Waals surface area contributed by atoms with Crippen LogP contribution < -0.4 is 5.73 Å². The molecule has 0 heterocycles. The smallest absolute Gasteiger partial charge is 0.145 e. The number of allylic oxidation sites excluding steroid dienone is 3. The number of nitrogens with two attached hydrogens (primary N) is 1. The Morgan fingerprint density at radius 3 is 2.41 bits per heavy atom. The van der Waals surface area contributed by atoms with E-state index in [1.165, 1.54) is 0 Å². The quantitative estimate of drug-likeness (QED) is 0.365. The van der Waals surface area contributed by atoms with Crippen LogP contribution in [0.25, 0.3) is 0 Å². The summed E-state index contributed by atoms with van der Waals surface area (Å²) >= 11 is 0. The summed E-state index contributed by atoms with van der Waals surface area (Å²) in [6.45, 7) is 8.09. The molecule has 0 aromatic carbocycles. The molecule has 3 N–H and O–H groups in total. The van der Waals surface area contributed by atoms with Crippen LogP contribution in [0, 0.1) is 0 Å². The molecule has 0 aliphatic rings. The minimum atomic E-state index is 0.180. The summed E-state index contributed by atoms with van der Waals surface area (Å²) in [5.41, 5.74) is 7.40. The van der Waals surface area contributed by atoms with Gasteiger partial charge in [-0.2, -0.15) is 0 Å². The van der Waals surface area contributed by atoms with Gasteiger partial charge in [0.25, 0.3) is 0 Å². The second kappa shape index (κ2) is 14.6. The van der Waals surface area contributed by atoms with E-state index in [-0.39, 0.29) is 6.61 Å². The molecule has 0 aromatic rings. The van der Waals surface area contributed by atoms with E-state index in [4.69, 9.17) is 15.6 Å². The number of aldehydes is 1. The third-order valence-corrected chi connectivity index (χ3v) is 2.01. The van der Waals surface area contributed by atoms with Gasteiger partial charge in [-0.15, -0.1) is 0 Å². The molecule has 98 valence electrons. The van der Waals surface area contributed by atoms with E-state index >= 15 is 0 Å². The lowest BCUT2D eigenvalue weighted by molar-refractivity contribution is -0.111. The zero-order chi connectivity index (χ0) is 13.5.